The molecule has 2 heterocycles. The number of hydrogen-bond acceptors (Lipinski definition) is 7. The van der Waals surface area contributed by atoms with E-state index in [1.54, 1.807) is 34.9 Å². The number of nitrogens with zero attached hydrogens (tertiary/aromatic N) is 1. The molecule has 35 heavy (non-hydrogen) atoms. The molecular formula is C28H23NO3S3. The van der Waals surface area contributed by atoms with Crippen molar-refractivity contribution in [1.29, 1.82) is 0 Å². The zero-order chi connectivity index (χ0) is 24.4. The lowest BCUT2D eigenvalue weighted by Crippen LogP contribution is -2.15. The third-order valence-corrected chi connectivity index (χ3v) is 9.19. The van der Waals surface area contributed by atoms with Crippen LogP contribution in [0.2, 0.25) is 0 Å². The van der Waals surface area contributed by atoms with E-state index in [4.69, 9.17) is 4.84 Å². The van der Waals surface area contributed by atoms with Crippen molar-refractivity contribution in [3.05, 3.63) is 76.0 Å². The van der Waals surface area contributed by atoms with E-state index in [1.165, 1.54) is 25.7 Å². The number of unbranched alkanes of at least 4 members (excludes halogenated alkanes) is 1. The lowest BCUT2D eigenvalue weighted by atomic mass is 10.0. The molecule has 0 spiro atoms. The predicted octanol–water partition coefficient (Wildman–Crippen LogP) is 8.54. The molecule has 0 bridgehead atoms. The van der Waals surface area contributed by atoms with Crippen LogP contribution in [0.25, 0.3) is 26.2 Å². The van der Waals surface area contributed by atoms with E-state index in [9.17, 15) is 9.59 Å². The fourth-order valence-corrected chi connectivity index (χ4v) is 7.38. The lowest BCUT2D eigenvalue weighted by Gasteiger charge is -2.05. The first kappa shape index (κ1) is 23.9. The number of ketones is 1. The van der Waals surface area contributed by atoms with Crippen molar-refractivity contribution in [3.63, 3.8) is 0 Å². The summed E-state index contributed by atoms with van der Waals surface area (Å²) in [4.78, 5) is 31.9. The van der Waals surface area contributed by atoms with Crippen molar-refractivity contribution in [3.8, 4) is 0 Å². The number of carbonyl (C=O) groups excluding carboxylic acids is 2. The third-order valence-electron chi connectivity index (χ3n) is 5.62. The van der Waals surface area contributed by atoms with E-state index in [0.29, 0.717) is 12.0 Å². The van der Waals surface area contributed by atoms with E-state index in [1.807, 2.05) is 25.1 Å². The van der Waals surface area contributed by atoms with Gasteiger partial charge in [-0.2, -0.15) is 0 Å². The molecule has 0 fully saturated rings. The average molecular weight is 518 g/mol. The zero-order valence-electron chi connectivity index (χ0n) is 19.4. The van der Waals surface area contributed by atoms with Gasteiger partial charge < -0.3 is 4.84 Å². The molecule has 0 radical (unpaired) electrons. The molecule has 1 aliphatic rings. The van der Waals surface area contributed by atoms with Crippen LogP contribution in [-0.2, 0) is 9.63 Å². The Kier molecular flexibility index (Phi) is 7.09. The maximum atomic E-state index is 13.2. The molecule has 0 N–H and O–H groups in total. The first-order chi connectivity index (χ1) is 17.0. The predicted molar refractivity (Wildman–Crippen MR) is 149 cm³/mol. The number of benzene rings is 3. The summed E-state index contributed by atoms with van der Waals surface area (Å²) >= 11 is 5.31. The van der Waals surface area contributed by atoms with Crippen LogP contribution in [0.5, 0.6) is 0 Å². The fraction of sp³-hybridized carbons (Fsp3) is 0.179. The number of thiophene rings is 1. The van der Waals surface area contributed by atoms with E-state index in [2.05, 4.69) is 53.7 Å². The normalized spacial score (nSPS) is 13.3. The Bertz CT molecular complexity index is 1490. The number of carbonyl (C=O) groups is 2. The van der Waals surface area contributed by atoms with Gasteiger partial charge in [-0.25, -0.2) is 4.79 Å². The van der Waals surface area contributed by atoms with Gasteiger partial charge in [-0.3, -0.25) is 4.79 Å². The van der Waals surface area contributed by atoms with E-state index in [0.717, 1.165) is 33.9 Å². The van der Waals surface area contributed by atoms with Crippen molar-refractivity contribution in [2.75, 3.05) is 0 Å². The maximum absolute atomic E-state index is 13.2. The minimum atomic E-state index is -0.533. The summed E-state index contributed by atoms with van der Waals surface area (Å²) in [7, 11) is 0. The van der Waals surface area contributed by atoms with Crippen LogP contribution in [0.1, 0.15) is 49.0 Å². The van der Waals surface area contributed by atoms with Crippen LogP contribution in [0.3, 0.4) is 0 Å². The average Bonchev–Trinajstić information content (AvgIpc) is 3.43. The summed E-state index contributed by atoms with van der Waals surface area (Å²) in [5.41, 5.74) is 1.97. The molecule has 176 valence electrons. The highest BCUT2D eigenvalue weighted by Crippen LogP contribution is 2.51. The van der Waals surface area contributed by atoms with Crippen LogP contribution in [0, 0.1) is 0 Å². The Labute approximate surface area is 216 Å². The first-order valence-electron chi connectivity index (χ1n) is 11.4. The Morgan fingerprint density at radius 3 is 2.31 bits per heavy atom. The molecule has 0 saturated heterocycles. The second-order valence-corrected chi connectivity index (χ2v) is 11.7. The smallest absolute Gasteiger partial charge is 0.318 e. The summed E-state index contributed by atoms with van der Waals surface area (Å²) in [6.07, 6.45) is 4.41. The fourth-order valence-electron chi connectivity index (χ4n) is 3.91. The van der Waals surface area contributed by atoms with Gasteiger partial charge in [0.15, 0.2) is 0 Å². The molecule has 0 saturated carbocycles. The van der Waals surface area contributed by atoms with Gasteiger partial charge in [0.2, 0.25) is 5.78 Å². The summed E-state index contributed by atoms with van der Waals surface area (Å²) < 4.78 is 3.56. The summed E-state index contributed by atoms with van der Waals surface area (Å²) in [6, 6.07) is 20.7. The molecule has 4 nitrogen and oxygen atoms in total. The molecule has 0 unspecified atom stereocenters. The van der Waals surface area contributed by atoms with Crippen molar-refractivity contribution in [2.45, 2.75) is 42.9 Å². The number of hydrogen-bond donors (Lipinski definition) is 0. The molecule has 1 aliphatic heterocycles. The van der Waals surface area contributed by atoms with E-state index < -0.39 is 5.97 Å². The Hall–Kier alpha value is -2.87. The Morgan fingerprint density at radius 2 is 1.63 bits per heavy atom. The number of fused-ring (bicyclic) bond motifs is 4. The molecule has 4 aromatic rings. The monoisotopic (exact) mass is 517 g/mol. The first-order valence-corrected chi connectivity index (χ1v) is 13.9. The van der Waals surface area contributed by atoms with Gasteiger partial charge in [0.1, 0.15) is 5.71 Å². The van der Waals surface area contributed by atoms with Crippen LogP contribution in [-0.4, -0.2) is 17.5 Å². The largest absolute Gasteiger partial charge is 0.331 e. The van der Waals surface area contributed by atoms with E-state index >= 15 is 0 Å². The number of thioether (sulfide) groups is 2. The highest BCUT2D eigenvalue weighted by Gasteiger charge is 2.18. The van der Waals surface area contributed by atoms with Crippen LogP contribution < -0.4 is 0 Å². The van der Waals surface area contributed by atoms with Crippen molar-refractivity contribution < 1.29 is 14.4 Å². The topological polar surface area (TPSA) is 55.7 Å². The highest BCUT2D eigenvalue weighted by molar-refractivity contribution is 8.24. The van der Waals surface area contributed by atoms with Crippen LogP contribution in [0.4, 0.5) is 0 Å². The molecular weight excluding hydrogens is 495 g/mol. The summed E-state index contributed by atoms with van der Waals surface area (Å²) in [5, 5.41) is 6.04. The van der Waals surface area contributed by atoms with Gasteiger partial charge >= 0.3 is 5.97 Å². The Morgan fingerprint density at radius 1 is 0.943 bits per heavy atom. The van der Waals surface area contributed by atoms with Gasteiger partial charge in [0.25, 0.3) is 0 Å². The van der Waals surface area contributed by atoms with Crippen molar-refractivity contribution >= 4 is 78.6 Å². The van der Waals surface area contributed by atoms with E-state index in [-0.39, 0.29) is 11.5 Å². The van der Waals surface area contributed by atoms with Crippen molar-refractivity contribution in [2.24, 2.45) is 5.16 Å². The summed E-state index contributed by atoms with van der Waals surface area (Å²) in [6.45, 7) is 3.33. The molecule has 7 heteroatoms. The Balaban J connectivity index is 1.49. The summed E-state index contributed by atoms with van der Waals surface area (Å²) in [5.74, 6) is -0.731. The third kappa shape index (κ3) is 5.22. The second kappa shape index (κ2) is 10.4. The number of oxime groups is 1. The molecule has 1 aromatic heterocycles. The van der Waals surface area contributed by atoms with Gasteiger partial charge in [-0.05, 0) is 66.9 Å². The highest BCUT2D eigenvalue weighted by atomic mass is 32.2. The zero-order valence-corrected chi connectivity index (χ0v) is 21.8. The molecule has 0 atom stereocenters. The number of rotatable bonds is 7. The SMILES string of the molecule is CCCC/C(=N\OC(C)=O)C(=O)c1ccc2sc3ccc(C=C4Sc5ccccc5S4)cc3c2c1. The van der Waals surface area contributed by atoms with Gasteiger partial charge in [-0.15, -0.1) is 11.3 Å². The standard InChI is InChI=1S/C28H23NO3S3/c1-3-4-7-22(29-32-17(2)30)28(31)19-11-13-24-21(16-19)20-14-18(10-12-23(20)33-24)15-27-34-25-8-5-6-9-26(25)35-27/h5-6,8-16H,3-4,7H2,1-2H3/b29-22+. The minimum Gasteiger partial charge on any atom is -0.318 e. The van der Waals surface area contributed by atoms with Crippen molar-refractivity contribution in [1.82, 2.24) is 0 Å². The lowest BCUT2D eigenvalue weighted by molar-refractivity contribution is -0.140. The maximum Gasteiger partial charge on any atom is 0.331 e. The quantitative estimate of drug-likeness (QED) is 0.106. The van der Waals surface area contributed by atoms with Gasteiger partial charge in [0.05, 0.1) is 4.24 Å². The van der Waals surface area contributed by atoms with Crippen LogP contribution >= 0.6 is 34.9 Å². The molecule has 0 amide bonds. The number of Topliss-reactive ketones (excluding diaryl/α,β-unsaturated/α-hetero) is 1. The van der Waals surface area contributed by atoms with Crippen LogP contribution in [0.15, 0.2) is 79.8 Å². The molecule has 0 aliphatic carbocycles. The molecule has 5 rings (SSSR count). The van der Waals surface area contributed by atoms with Gasteiger partial charge in [-0.1, -0.05) is 60.2 Å². The minimum absolute atomic E-state index is 0.198. The molecule has 3 aromatic carbocycles. The van der Waals surface area contributed by atoms with Gasteiger partial charge in [0, 0.05) is 42.5 Å². The second-order valence-electron chi connectivity index (χ2n) is 8.24.